The zero-order valence-electron chi connectivity index (χ0n) is 14.5. The molecule has 1 aromatic carbocycles. The number of halogens is 1. The first-order valence-electron chi connectivity index (χ1n) is 8.42. The summed E-state index contributed by atoms with van der Waals surface area (Å²) in [6, 6.07) is 8.17. The minimum atomic E-state index is 0. The third-order valence-electron chi connectivity index (χ3n) is 3.55. The summed E-state index contributed by atoms with van der Waals surface area (Å²) in [7, 11) is 0. The highest BCUT2D eigenvalue weighted by Gasteiger charge is 2.21. The van der Waals surface area contributed by atoms with Gasteiger partial charge in [-0.3, -0.25) is 0 Å². The second-order valence-corrected chi connectivity index (χ2v) is 6.33. The van der Waals surface area contributed by atoms with Crippen LogP contribution in [0.25, 0.3) is 0 Å². The van der Waals surface area contributed by atoms with E-state index in [1.165, 1.54) is 12.8 Å². The Hall–Kier alpha value is -0.980. The standard InChI is InChI=1S/C18H29N3O.HI/c1-4-19-18(20-11-15-9-10-15)21-12-16-7-5-6-8-17(16)22-13-14(2)3;/h5-8,14-15H,4,9-13H2,1-3H3,(H2,19,20,21);1H. The highest BCUT2D eigenvalue weighted by Crippen LogP contribution is 2.27. The van der Waals surface area contributed by atoms with Gasteiger partial charge in [-0.1, -0.05) is 32.0 Å². The van der Waals surface area contributed by atoms with Gasteiger partial charge >= 0.3 is 0 Å². The third kappa shape index (κ3) is 7.90. The van der Waals surface area contributed by atoms with Crippen LogP contribution in [0.5, 0.6) is 5.75 Å². The Morgan fingerprint density at radius 3 is 2.65 bits per heavy atom. The largest absolute Gasteiger partial charge is 0.493 e. The average molecular weight is 431 g/mol. The fraction of sp³-hybridized carbons (Fsp3) is 0.611. The molecular formula is C18H30IN3O. The van der Waals surface area contributed by atoms with E-state index in [4.69, 9.17) is 4.74 Å². The van der Waals surface area contributed by atoms with Crippen LogP contribution in [-0.2, 0) is 6.54 Å². The summed E-state index contributed by atoms with van der Waals surface area (Å²) in [4.78, 5) is 4.69. The molecule has 0 aliphatic heterocycles. The maximum Gasteiger partial charge on any atom is 0.191 e. The molecule has 23 heavy (non-hydrogen) atoms. The molecule has 0 saturated heterocycles. The smallest absolute Gasteiger partial charge is 0.191 e. The number of benzene rings is 1. The Labute approximate surface area is 157 Å². The lowest BCUT2D eigenvalue weighted by Gasteiger charge is -2.13. The van der Waals surface area contributed by atoms with E-state index in [2.05, 4.69) is 42.5 Å². The van der Waals surface area contributed by atoms with Crippen LogP contribution < -0.4 is 15.4 Å². The number of hydrogen-bond acceptors (Lipinski definition) is 2. The maximum atomic E-state index is 5.89. The van der Waals surface area contributed by atoms with Gasteiger partial charge in [-0.2, -0.15) is 0 Å². The zero-order chi connectivity index (χ0) is 15.8. The molecule has 1 aromatic rings. The first-order chi connectivity index (χ1) is 10.7. The molecule has 0 bridgehead atoms. The number of rotatable bonds is 8. The van der Waals surface area contributed by atoms with Gasteiger partial charge in [0.2, 0.25) is 0 Å². The van der Waals surface area contributed by atoms with Crippen LogP contribution in [-0.4, -0.2) is 25.7 Å². The van der Waals surface area contributed by atoms with Crippen LogP contribution in [0.15, 0.2) is 29.3 Å². The van der Waals surface area contributed by atoms with E-state index < -0.39 is 0 Å². The van der Waals surface area contributed by atoms with Crippen LogP contribution in [0.2, 0.25) is 0 Å². The molecule has 0 atom stereocenters. The van der Waals surface area contributed by atoms with Gasteiger partial charge in [0.1, 0.15) is 5.75 Å². The lowest BCUT2D eigenvalue weighted by atomic mass is 10.2. The molecule has 1 fully saturated rings. The van der Waals surface area contributed by atoms with Gasteiger partial charge in [0.05, 0.1) is 13.2 Å². The van der Waals surface area contributed by atoms with Gasteiger partial charge in [-0.05, 0) is 37.7 Å². The van der Waals surface area contributed by atoms with E-state index in [1.807, 2.05) is 18.2 Å². The van der Waals surface area contributed by atoms with Crippen molar-refractivity contribution in [2.24, 2.45) is 16.8 Å². The van der Waals surface area contributed by atoms with Crippen molar-refractivity contribution >= 4 is 29.9 Å². The van der Waals surface area contributed by atoms with Gasteiger partial charge in [-0.25, -0.2) is 4.99 Å². The molecule has 0 aromatic heterocycles. The predicted octanol–water partition coefficient (Wildman–Crippen LogP) is 3.80. The molecule has 0 amide bonds. The number of guanidine groups is 1. The topological polar surface area (TPSA) is 45.7 Å². The zero-order valence-corrected chi connectivity index (χ0v) is 16.8. The first kappa shape index (κ1) is 20.1. The molecule has 1 aliphatic rings. The van der Waals surface area contributed by atoms with Crippen LogP contribution >= 0.6 is 24.0 Å². The van der Waals surface area contributed by atoms with Gasteiger partial charge in [0, 0.05) is 18.7 Å². The van der Waals surface area contributed by atoms with E-state index >= 15 is 0 Å². The average Bonchev–Trinajstić information content (AvgIpc) is 3.33. The fourth-order valence-corrected chi connectivity index (χ4v) is 2.10. The van der Waals surface area contributed by atoms with Crippen LogP contribution in [0.3, 0.4) is 0 Å². The second-order valence-electron chi connectivity index (χ2n) is 6.33. The molecule has 0 spiro atoms. The Kier molecular flexibility index (Phi) is 9.36. The summed E-state index contributed by atoms with van der Waals surface area (Å²) < 4.78 is 5.89. The van der Waals surface area contributed by atoms with Crippen molar-refractivity contribution in [1.29, 1.82) is 0 Å². The predicted molar refractivity (Wildman–Crippen MR) is 108 cm³/mol. The Morgan fingerprint density at radius 1 is 1.26 bits per heavy atom. The van der Waals surface area contributed by atoms with Gasteiger partial charge in [-0.15, -0.1) is 24.0 Å². The second kappa shape index (κ2) is 10.7. The molecule has 1 saturated carbocycles. The summed E-state index contributed by atoms with van der Waals surface area (Å²) in [5.41, 5.74) is 1.13. The van der Waals surface area contributed by atoms with Crippen molar-refractivity contribution in [3.8, 4) is 5.75 Å². The summed E-state index contributed by atoms with van der Waals surface area (Å²) in [6.07, 6.45) is 2.69. The van der Waals surface area contributed by atoms with E-state index in [0.717, 1.165) is 42.9 Å². The van der Waals surface area contributed by atoms with E-state index in [9.17, 15) is 0 Å². The molecule has 0 unspecified atom stereocenters. The molecule has 0 radical (unpaired) electrons. The summed E-state index contributed by atoms with van der Waals surface area (Å²) in [5.74, 6) is 3.20. The fourth-order valence-electron chi connectivity index (χ4n) is 2.10. The van der Waals surface area contributed by atoms with Crippen molar-refractivity contribution in [1.82, 2.24) is 10.6 Å². The van der Waals surface area contributed by atoms with Gasteiger partial charge in [0.25, 0.3) is 0 Å². The van der Waals surface area contributed by atoms with Crippen molar-refractivity contribution in [3.05, 3.63) is 29.8 Å². The van der Waals surface area contributed by atoms with Crippen LogP contribution in [0.1, 0.15) is 39.2 Å². The van der Waals surface area contributed by atoms with Gasteiger partial charge < -0.3 is 15.4 Å². The first-order valence-corrected chi connectivity index (χ1v) is 8.42. The van der Waals surface area contributed by atoms with E-state index in [0.29, 0.717) is 12.5 Å². The van der Waals surface area contributed by atoms with Crippen molar-refractivity contribution < 1.29 is 4.74 Å². The number of aliphatic imine (C=N–C) groups is 1. The number of nitrogens with one attached hydrogen (secondary N) is 2. The van der Waals surface area contributed by atoms with E-state index in [-0.39, 0.29) is 24.0 Å². The van der Waals surface area contributed by atoms with Crippen LogP contribution in [0, 0.1) is 11.8 Å². The number of nitrogens with zero attached hydrogens (tertiary/aromatic N) is 1. The Balaban J connectivity index is 0.00000264. The highest BCUT2D eigenvalue weighted by atomic mass is 127. The van der Waals surface area contributed by atoms with Crippen molar-refractivity contribution in [2.75, 3.05) is 19.7 Å². The summed E-state index contributed by atoms with van der Waals surface area (Å²) in [6.45, 7) is 9.68. The molecule has 5 heteroatoms. The molecule has 2 N–H and O–H groups in total. The minimum absolute atomic E-state index is 0. The Morgan fingerprint density at radius 2 is 2.00 bits per heavy atom. The molecule has 2 rings (SSSR count). The Bertz CT molecular complexity index is 487. The molecule has 130 valence electrons. The molecule has 0 heterocycles. The number of ether oxygens (including phenoxy) is 1. The van der Waals surface area contributed by atoms with Gasteiger partial charge in [0.15, 0.2) is 5.96 Å². The lowest BCUT2D eigenvalue weighted by Crippen LogP contribution is -2.38. The minimum Gasteiger partial charge on any atom is -0.493 e. The third-order valence-corrected chi connectivity index (χ3v) is 3.55. The lowest BCUT2D eigenvalue weighted by molar-refractivity contribution is 0.268. The van der Waals surface area contributed by atoms with Crippen molar-refractivity contribution in [2.45, 2.75) is 40.2 Å². The number of hydrogen-bond donors (Lipinski definition) is 2. The van der Waals surface area contributed by atoms with E-state index in [1.54, 1.807) is 0 Å². The number of para-hydroxylation sites is 1. The molecule has 4 nitrogen and oxygen atoms in total. The van der Waals surface area contributed by atoms with Crippen molar-refractivity contribution in [3.63, 3.8) is 0 Å². The summed E-state index contributed by atoms with van der Waals surface area (Å²) >= 11 is 0. The quantitative estimate of drug-likeness (QED) is 0.374. The SMILES string of the molecule is CCNC(=NCc1ccccc1OCC(C)C)NCC1CC1.I. The van der Waals surface area contributed by atoms with Crippen LogP contribution in [0.4, 0.5) is 0 Å². The summed E-state index contributed by atoms with van der Waals surface area (Å²) in [5, 5.41) is 6.72. The molecule has 1 aliphatic carbocycles. The normalized spacial score (nSPS) is 14.3. The highest BCUT2D eigenvalue weighted by molar-refractivity contribution is 14.0. The molecular weight excluding hydrogens is 401 g/mol. The maximum absolute atomic E-state index is 5.89. The monoisotopic (exact) mass is 431 g/mol.